The van der Waals surface area contributed by atoms with E-state index in [0.29, 0.717) is 6.10 Å². The highest BCUT2D eigenvalue weighted by Gasteiger charge is 2.21. The lowest BCUT2D eigenvalue weighted by Gasteiger charge is -2.22. The molecule has 3 aromatic rings. The Morgan fingerprint density at radius 1 is 0.967 bits per heavy atom. The fourth-order valence-electron chi connectivity index (χ4n) is 4.28. The summed E-state index contributed by atoms with van der Waals surface area (Å²) in [6.07, 6.45) is 9.64. The first-order valence-corrected chi connectivity index (χ1v) is 10.8. The zero-order valence-electron chi connectivity index (χ0n) is 17.8. The van der Waals surface area contributed by atoms with Crippen LogP contribution in [0.3, 0.4) is 0 Å². The Bertz CT molecular complexity index is 952. The normalized spacial score (nSPS) is 15.0. The third-order valence-electron chi connectivity index (χ3n) is 5.95. The molecule has 1 fully saturated rings. The van der Waals surface area contributed by atoms with Gasteiger partial charge >= 0.3 is 0 Å². The van der Waals surface area contributed by atoms with Crippen molar-refractivity contribution in [3.05, 3.63) is 83.7 Å². The minimum absolute atomic E-state index is 0.206. The SMILES string of the molecule is CNc1cccc(C(Cc2ccncc2)c2ccc(OC)c(OC3CCCC3)c2)c1. The van der Waals surface area contributed by atoms with Gasteiger partial charge in [0.2, 0.25) is 0 Å². The Morgan fingerprint density at radius 2 is 1.73 bits per heavy atom. The first-order chi connectivity index (χ1) is 14.8. The molecule has 0 spiro atoms. The van der Waals surface area contributed by atoms with E-state index < -0.39 is 0 Å². The Labute approximate surface area is 179 Å². The summed E-state index contributed by atoms with van der Waals surface area (Å²) >= 11 is 0. The topological polar surface area (TPSA) is 43.4 Å². The molecule has 1 aliphatic rings. The van der Waals surface area contributed by atoms with Gasteiger partial charge in [-0.1, -0.05) is 18.2 Å². The van der Waals surface area contributed by atoms with E-state index in [1.165, 1.54) is 29.5 Å². The third-order valence-corrected chi connectivity index (χ3v) is 5.95. The molecule has 0 aliphatic heterocycles. The Morgan fingerprint density at radius 3 is 2.47 bits per heavy atom. The standard InChI is InChI=1S/C26H30N2O2/c1-27-22-7-5-6-20(17-22)24(16-19-12-14-28-15-13-19)21-10-11-25(29-2)26(18-21)30-23-8-3-4-9-23/h5-7,10-15,17-18,23-24,27H,3-4,8-9,16H2,1-2H3. The van der Waals surface area contributed by atoms with Gasteiger partial charge in [-0.15, -0.1) is 0 Å². The van der Waals surface area contributed by atoms with E-state index in [2.05, 4.69) is 58.8 Å². The van der Waals surface area contributed by atoms with Crippen LogP contribution in [0.4, 0.5) is 5.69 Å². The highest BCUT2D eigenvalue weighted by Crippen LogP contribution is 2.37. The van der Waals surface area contributed by atoms with Crippen LogP contribution in [-0.2, 0) is 6.42 Å². The first-order valence-electron chi connectivity index (χ1n) is 10.8. The number of rotatable bonds is 8. The quantitative estimate of drug-likeness (QED) is 0.515. The molecule has 4 nitrogen and oxygen atoms in total. The van der Waals surface area contributed by atoms with Crippen molar-refractivity contribution >= 4 is 5.69 Å². The van der Waals surface area contributed by atoms with E-state index in [4.69, 9.17) is 9.47 Å². The van der Waals surface area contributed by atoms with Crippen LogP contribution in [-0.4, -0.2) is 25.2 Å². The monoisotopic (exact) mass is 402 g/mol. The van der Waals surface area contributed by atoms with E-state index in [9.17, 15) is 0 Å². The number of aromatic nitrogens is 1. The number of ether oxygens (including phenoxy) is 2. The van der Waals surface area contributed by atoms with Crippen molar-refractivity contribution in [2.75, 3.05) is 19.5 Å². The van der Waals surface area contributed by atoms with Crippen molar-refractivity contribution in [3.8, 4) is 11.5 Å². The molecule has 0 bridgehead atoms. The van der Waals surface area contributed by atoms with E-state index >= 15 is 0 Å². The van der Waals surface area contributed by atoms with Gasteiger partial charge in [0, 0.05) is 31.0 Å². The molecule has 30 heavy (non-hydrogen) atoms. The van der Waals surface area contributed by atoms with Crippen LogP contribution in [0.25, 0.3) is 0 Å². The van der Waals surface area contributed by atoms with Crippen molar-refractivity contribution in [2.45, 2.75) is 44.1 Å². The first kappa shape index (κ1) is 20.3. The van der Waals surface area contributed by atoms with Gasteiger partial charge in [-0.25, -0.2) is 0 Å². The number of anilines is 1. The molecular formula is C26H30N2O2. The van der Waals surface area contributed by atoms with Gasteiger partial charge in [0.25, 0.3) is 0 Å². The van der Waals surface area contributed by atoms with E-state index in [-0.39, 0.29) is 5.92 Å². The van der Waals surface area contributed by atoms with Gasteiger partial charge in [0.15, 0.2) is 11.5 Å². The van der Waals surface area contributed by atoms with Crippen LogP contribution < -0.4 is 14.8 Å². The van der Waals surface area contributed by atoms with Crippen molar-refractivity contribution in [3.63, 3.8) is 0 Å². The van der Waals surface area contributed by atoms with Crippen molar-refractivity contribution < 1.29 is 9.47 Å². The number of pyridine rings is 1. The maximum atomic E-state index is 6.37. The van der Waals surface area contributed by atoms with Gasteiger partial charge in [0.1, 0.15) is 0 Å². The summed E-state index contributed by atoms with van der Waals surface area (Å²) in [6, 6.07) is 19.2. The van der Waals surface area contributed by atoms with E-state index in [0.717, 1.165) is 36.4 Å². The van der Waals surface area contributed by atoms with Crippen LogP contribution in [0, 0.1) is 0 Å². The summed E-state index contributed by atoms with van der Waals surface area (Å²) in [6.45, 7) is 0. The number of nitrogens with one attached hydrogen (secondary N) is 1. The zero-order valence-corrected chi connectivity index (χ0v) is 17.8. The fraction of sp³-hybridized carbons (Fsp3) is 0.346. The lowest BCUT2D eigenvalue weighted by Crippen LogP contribution is -2.12. The molecule has 1 atom stereocenters. The molecule has 1 saturated carbocycles. The summed E-state index contributed by atoms with van der Waals surface area (Å²) in [5.41, 5.74) is 4.88. The second kappa shape index (κ2) is 9.66. The van der Waals surface area contributed by atoms with E-state index in [1.807, 2.05) is 25.5 Å². The molecule has 1 unspecified atom stereocenters. The largest absolute Gasteiger partial charge is 0.493 e. The van der Waals surface area contributed by atoms with Crippen molar-refractivity contribution in [1.29, 1.82) is 0 Å². The Hall–Kier alpha value is -3.01. The number of benzene rings is 2. The van der Waals surface area contributed by atoms with Crippen LogP contribution >= 0.6 is 0 Å². The average molecular weight is 403 g/mol. The smallest absolute Gasteiger partial charge is 0.161 e. The molecule has 1 heterocycles. The third kappa shape index (κ3) is 4.76. The molecule has 4 heteroatoms. The Balaban J connectivity index is 1.71. The average Bonchev–Trinajstić information content (AvgIpc) is 3.31. The predicted molar refractivity (Wildman–Crippen MR) is 122 cm³/mol. The van der Waals surface area contributed by atoms with Gasteiger partial charge < -0.3 is 14.8 Å². The molecule has 1 aromatic heterocycles. The fourth-order valence-corrected chi connectivity index (χ4v) is 4.28. The second-order valence-electron chi connectivity index (χ2n) is 7.92. The molecule has 156 valence electrons. The highest BCUT2D eigenvalue weighted by molar-refractivity contribution is 5.51. The molecule has 0 radical (unpaired) electrons. The molecular weight excluding hydrogens is 372 g/mol. The number of hydrogen-bond donors (Lipinski definition) is 1. The minimum Gasteiger partial charge on any atom is -0.493 e. The zero-order chi connectivity index (χ0) is 20.8. The second-order valence-corrected chi connectivity index (χ2v) is 7.92. The molecule has 2 aromatic carbocycles. The van der Waals surface area contributed by atoms with Crippen LogP contribution in [0.2, 0.25) is 0 Å². The molecule has 0 saturated heterocycles. The summed E-state index contributed by atoms with van der Waals surface area (Å²) in [5, 5.41) is 3.26. The van der Waals surface area contributed by atoms with Gasteiger partial charge in [0.05, 0.1) is 13.2 Å². The molecule has 4 rings (SSSR count). The maximum Gasteiger partial charge on any atom is 0.161 e. The lowest BCUT2D eigenvalue weighted by molar-refractivity contribution is 0.200. The van der Waals surface area contributed by atoms with Crippen molar-refractivity contribution in [1.82, 2.24) is 4.98 Å². The van der Waals surface area contributed by atoms with Crippen LogP contribution in [0.1, 0.15) is 48.3 Å². The minimum atomic E-state index is 0.206. The summed E-state index contributed by atoms with van der Waals surface area (Å²) < 4.78 is 12.0. The van der Waals surface area contributed by atoms with Crippen molar-refractivity contribution in [2.24, 2.45) is 0 Å². The predicted octanol–water partition coefficient (Wildman–Crippen LogP) is 5.83. The van der Waals surface area contributed by atoms with Gasteiger partial charge in [-0.3, -0.25) is 4.98 Å². The molecule has 1 N–H and O–H groups in total. The summed E-state index contributed by atoms with van der Waals surface area (Å²) in [4.78, 5) is 4.17. The van der Waals surface area contributed by atoms with Gasteiger partial charge in [-0.2, -0.15) is 0 Å². The summed E-state index contributed by atoms with van der Waals surface area (Å²) in [7, 11) is 3.67. The Kier molecular flexibility index (Phi) is 6.53. The van der Waals surface area contributed by atoms with Crippen LogP contribution in [0.5, 0.6) is 11.5 Å². The molecule has 1 aliphatic carbocycles. The number of methoxy groups -OCH3 is 1. The maximum absolute atomic E-state index is 6.37. The highest BCUT2D eigenvalue weighted by atomic mass is 16.5. The molecule has 0 amide bonds. The number of nitrogens with zero attached hydrogens (tertiary/aromatic N) is 1. The van der Waals surface area contributed by atoms with Crippen LogP contribution in [0.15, 0.2) is 67.0 Å². The number of hydrogen-bond acceptors (Lipinski definition) is 4. The lowest BCUT2D eigenvalue weighted by atomic mass is 9.85. The van der Waals surface area contributed by atoms with Gasteiger partial charge in [-0.05, 0) is 85.2 Å². The van der Waals surface area contributed by atoms with E-state index in [1.54, 1.807) is 7.11 Å². The summed E-state index contributed by atoms with van der Waals surface area (Å²) in [5.74, 6) is 1.86.